The van der Waals surface area contributed by atoms with Crippen LogP contribution in [0.25, 0.3) is 22.2 Å². The van der Waals surface area contributed by atoms with Gasteiger partial charge >= 0.3 is 6.18 Å². The molecule has 0 bridgehead atoms. The van der Waals surface area contributed by atoms with E-state index in [1.54, 1.807) is 30.5 Å². The molecular formula is C29H24ClF3N6O3. The van der Waals surface area contributed by atoms with Crippen LogP contribution in [0.5, 0.6) is 5.75 Å². The Morgan fingerprint density at radius 2 is 2.00 bits per heavy atom. The van der Waals surface area contributed by atoms with Gasteiger partial charge in [-0.1, -0.05) is 11.6 Å². The molecule has 5 aromatic rings. The summed E-state index contributed by atoms with van der Waals surface area (Å²) in [5, 5.41) is 11.0. The lowest BCUT2D eigenvalue weighted by Crippen LogP contribution is -2.28. The van der Waals surface area contributed by atoms with Crippen LogP contribution in [0.4, 0.5) is 13.2 Å². The summed E-state index contributed by atoms with van der Waals surface area (Å²) < 4.78 is 46.8. The average molecular weight is 597 g/mol. The third-order valence-corrected chi connectivity index (χ3v) is 6.89. The molecule has 4 aromatic heterocycles. The van der Waals surface area contributed by atoms with Crippen LogP contribution < -0.4 is 15.6 Å². The number of halogens is 4. The predicted octanol–water partition coefficient (Wildman–Crippen LogP) is 5.43. The van der Waals surface area contributed by atoms with Crippen molar-refractivity contribution in [1.29, 1.82) is 0 Å². The summed E-state index contributed by atoms with van der Waals surface area (Å²) in [5.41, 5.74) is 2.09. The Balaban J connectivity index is 1.45. The van der Waals surface area contributed by atoms with Crippen LogP contribution in [0.2, 0.25) is 5.02 Å². The third-order valence-electron chi connectivity index (χ3n) is 6.54. The van der Waals surface area contributed by atoms with Crippen molar-refractivity contribution in [3.8, 4) is 17.0 Å². The number of amides is 1. The summed E-state index contributed by atoms with van der Waals surface area (Å²) in [7, 11) is 0. The SMILES string of the molecule is CC(=O)NCc1cn[nH]c1-c1cc(C)nc2ccc(OCc3c(Cl)ccnc3Cn3cccc(C(F)(F)F)c3=O)cc12. The number of aromatic nitrogens is 5. The van der Waals surface area contributed by atoms with E-state index >= 15 is 0 Å². The molecule has 0 unspecified atom stereocenters. The van der Waals surface area contributed by atoms with E-state index < -0.39 is 17.3 Å². The Bertz CT molecular complexity index is 1850. The van der Waals surface area contributed by atoms with Crippen molar-refractivity contribution in [1.82, 2.24) is 30.0 Å². The number of aryl methyl sites for hydroxylation is 1. The Labute approximate surface area is 242 Å². The minimum absolute atomic E-state index is 0.0618. The van der Waals surface area contributed by atoms with E-state index in [0.717, 1.165) is 44.6 Å². The molecule has 0 fully saturated rings. The number of hydrogen-bond donors (Lipinski definition) is 2. The van der Waals surface area contributed by atoms with Gasteiger partial charge in [-0.2, -0.15) is 18.3 Å². The maximum Gasteiger partial charge on any atom is 0.421 e. The zero-order chi connectivity index (χ0) is 30.0. The Morgan fingerprint density at radius 3 is 2.76 bits per heavy atom. The van der Waals surface area contributed by atoms with Gasteiger partial charge < -0.3 is 14.6 Å². The molecule has 1 amide bonds. The normalized spacial score (nSPS) is 11.6. The molecule has 0 aliphatic carbocycles. The predicted molar refractivity (Wildman–Crippen MR) is 150 cm³/mol. The Hall–Kier alpha value is -4.71. The second-order valence-electron chi connectivity index (χ2n) is 9.53. The van der Waals surface area contributed by atoms with Crippen molar-refractivity contribution < 1.29 is 22.7 Å². The lowest BCUT2D eigenvalue weighted by atomic mass is 10.0. The van der Waals surface area contributed by atoms with Gasteiger partial charge in [0.25, 0.3) is 5.56 Å². The van der Waals surface area contributed by atoms with Crippen molar-refractivity contribution in [2.45, 2.75) is 39.7 Å². The van der Waals surface area contributed by atoms with Crippen LogP contribution in [-0.4, -0.2) is 30.6 Å². The van der Waals surface area contributed by atoms with Crippen LogP contribution in [0.3, 0.4) is 0 Å². The first kappa shape index (κ1) is 28.8. The van der Waals surface area contributed by atoms with E-state index in [2.05, 4.69) is 25.5 Å². The molecule has 42 heavy (non-hydrogen) atoms. The number of benzene rings is 1. The first-order valence-electron chi connectivity index (χ1n) is 12.7. The summed E-state index contributed by atoms with van der Waals surface area (Å²) in [6, 6.07) is 10.7. The number of pyridine rings is 3. The monoisotopic (exact) mass is 596 g/mol. The topological polar surface area (TPSA) is 115 Å². The number of carbonyl (C=O) groups is 1. The molecule has 5 rings (SSSR count). The van der Waals surface area contributed by atoms with E-state index in [1.165, 1.54) is 19.3 Å². The van der Waals surface area contributed by atoms with Crippen molar-refractivity contribution in [3.05, 3.63) is 105 Å². The molecule has 0 atom stereocenters. The van der Waals surface area contributed by atoms with Gasteiger partial charge in [0.1, 0.15) is 17.9 Å². The average Bonchev–Trinajstić information content (AvgIpc) is 3.40. The van der Waals surface area contributed by atoms with E-state index in [-0.39, 0.29) is 25.6 Å². The molecule has 0 saturated heterocycles. The first-order chi connectivity index (χ1) is 20.0. The molecule has 0 aliphatic rings. The number of aromatic amines is 1. The maximum absolute atomic E-state index is 13.3. The molecule has 216 valence electrons. The summed E-state index contributed by atoms with van der Waals surface area (Å²) in [4.78, 5) is 32.8. The lowest BCUT2D eigenvalue weighted by Gasteiger charge is -2.15. The molecule has 0 spiro atoms. The van der Waals surface area contributed by atoms with E-state index in [4.69, 9.17) is 16.3 Å². The van der Waals surface area contributed by atoms with Crippen LogP contribution in [0.1, 0.15) is 35.0 Å². The number of fused-ring (bicyclic) bond motifs is 1. The minimum atomic E-state index is -4.78. The van der Waals surface area contributed by atoms with Gasteiger partial charge in [0.2, 0.25) is 5.91 Å². The van der Waals surface area contributed by atoms with Crippen molar-refractivity contribution >= 4 is 28.4 Å². The molecule has 13 heteroatoms. The first-order valence-corrected chi connectivity index (χ1v) is 13.1. The number of H-pyrrole nitrogens is 1. The lowest BCUT2D eigenvalue weighted by molar-refractivity contribution is -0.139. The van der Waals surface area contributed by atoms with Gasteiger partial charge in [-0.3, -0.25) is 24.7 Å². The van der Waals surface area contributed by atoms with Crippen LogP contribution in [0.15, 0.2) is 65.8 Å². The second kappa shape index (κ2) is 11.6. The fourth-order valence-corrected chi connectivity index (χ4v) is 4.74. The maximum atomic E-state index is 13.3. The van der Waals surface area contributed by atoms with Crippen LogP contribution in [-0.2, 0) is 30.7 Å². The van der Waals surface area contributed by atoms with Gasteiger partial charge in [-0.25, -0.2) is 0 Å². The molecule has 2 N–H and O–H groups in total. The van der Waals surface area contributed by atoms with E-state index in [9.17, 15) is 22.8 Å². The fraction of sp³-hybridized carbons (Fsp3) is 0.207. The van der Waals surface area contributed by atoms with Gasteiger partial charge in [-0.05, 0) is 49.4 Å². The number of hydrogen-bond acceptors (Lipinski definition) is 6. The number of nitrogens with zero attached hydrogens (tertiary/aromatic N) is 4. The van der Waals surface area contributed by atoms with Crippen molar-refractivity contribution in [2.24, 2.45) is 0 Å². The Kier molecular flexibility index (Phi) is 7.99. The highest BCUT2D eigenvalue weighted by atomic mass is 35.5. The highest BCUT2D eigenvalue weighted by Gasteiger charge is 2.34. The molecule has 9 nitrogen and oxygen atoms in total. The second-order valence-corrected chi connectivity index (χ2v) is 9.94. The van der Waals surface area contributed by atoms with Crippen molar-refractivity contribution in [2.75, 3.05) is 0 Å². The number of carbonyl (C=O) groups excluding carboxylic acids is 1. The molecule has 0 saturated carbocycles. The molecule has 4 heterocycles. The van der Waals surface area contributed by atoms with E-state index in [1.807, 2.05) is 13.0 Å². The van der Waals surface area contributed by atoms with Crippen LogP contribution in [0, 0.1) is 6.92 Å². The third kappa shape index (κ3) is 6.13. The van der Waals surface area contributed by atoms with Crippen molar-refractivity contribution in [3.63, 3.8) is 0 Å². The zero-order valence-electron chi connectivity index (χ0n) is 22.4. The summed E-state index contributed by atoms with van der Waals surface area (Å²) in [6.45, 7) is 3.31. The quantitative estimate of drug-likeness (QED) is 0.247. The van der Waals surface area contributed by atoms with Gasteiger partial charge in [-0.15, -0.1) is 0 Å². The Morgan fingerprint density at radius 1 is 1.19 bits per heavy atom. The van der Waals surface area contributed by atoms with Gasteiger partial charge in [0.15, 0.2) is 0 Å². The smallest absolute Gasteiger partial charge is 0.421 e. The van der Waals surface area contributed by atoms with E-state index in [0.29, 0.717) is 27.5 Å². The summed E-state index contributed by atoms with van der Waals surface area (Å²) in [6.07, 6.45) is -0.453. The molecule has 0 aliphatic heterocycles. The fourth-order valence-electron chi connectivity index (χ4n) is 4.52. The van der Waals surface area contributed by atoms with Gasteiger partial charge in [0, 0.05) is 53.6 Å². The number of nitrogens with one attached hydrogen (secondary N) is 2. The number of ether oxygens (including phenoxy) is 1. The molecule has 1 aromatic carbocycles. The molecular weight excluding hydrogens is 573 g/mol. The molecule has 0 radical (unpaired) electrons. The minimum Gasteiger partial charge on any atom is -0.489 e. The van der Waals surface area contributed by atoms with Gasteiger partial charge in [0.05, 0.1) is 34.7 Å². The zero-order valence-corrected chi connectivity index (χ0v) is 23.2. The van der Waals surface area contributed by atoms with Crippen LogP contribution >= 0.6 is 11.6 Å². The highest BCUT2D eigenvalue weighted by molar-refractivity contribution is 6.31. The highest BCUT2D eigenvalue weighted by Crippen LogP contribution is 2.33. The number of alkyl halides is 3. The summed E-state index contributed by atoms with van der Waals surface area (Å²) in [5.74, 6) is 0.305. The summed E-state index contributed by atoms with van der Waals surface area (Å²) >= 11 is 6.44. The number of rotatable bonds is 8. The standard InChI is InChI=1S/C29H24ClF3N6O3/c1-16-10-21(27-18(13-36-38-27)12-35-17(2)40)20-11-19(5-6-25(20)37-16)42-15-22-24(30)7-8-34-26(22)14-39-9-3-4-23(28(39)41)29(31,32)33/h3-11,13H,12,14-15H2,1-2H3,(H,35,40)(H,36,38). The largest absolute Gasteiger partial charge is 0.489 e.